The molecular formula is C15H26N4O. The summed E-state index contributed by atoms with van der Waals surface area (Å²) in [6.07, 6.45) is 5.26. The van der Waals surface area contributed by atoms with Crippen molar-refractivity contribution < 1.29 is 4.79 Å². The number of aromatic nitrogens is 2. The summed E-state index contributed by atoms with van der Waals surface area (Å²) in [6, 6.07) is 0.0521. The Balaban J connectivity index is 2.07. The minimum absolute atomic E-state index is 0.0521. The molecule has 1 aromatic heterocycles. The van der Waals surface area contributed by atoms with Crippen LogP contribution in [0.3, 0.4) is 0 Å². The fraction of sp³-hybridized carbons (Fsp3) is 0.733. The molecule has 1 amide bonds. The lowest BCUT2D eigenvalue weighted by Crippen LogP contribution is -2.49. The Bertz CT molecular complexity index is 461. The first-order chi connectivity index (χ1) is 9.38. The van der Waals surface area contributed by atoms with Gasteiger partial charge in [-0.15, -0.1) is 0 Å². The quantitative estimate of drug-likeness (QED) is 0.916. The van der Waals surface area contributed by atoms with E-state index in [9.17, 15) is 4.79 Å². The highest BCUT2D eigenvalue weighted by atomic mass is 16.2. The van der Waals surface area contributed by atoms with Crippen molar-refractivity contribution in [2.75, 3.05) is 19.6 Å². The zero-order valence-electron chi connectivity index (χ0n) is 13.0. The number of nitrogens with zero attached hydrogens (tertiary/aromatic N) is 3. The first-order valence-electron chi connectivity index (χ1n) is 7.36. The van der Waals surface area contributed by atoms with Gasteiger partial charge in [0.1, 0.15) is 11.9 Å². The van der Waals surface area contributed by atoms with E-state index in [0.29, 0.717) is 6.42 Å². The molecule has 2 heterocycles. The van der Waals surface area contributed by atoms with Gasteiger partial charge >= 0.3 is 0 Å². The third kappa shape index (κ3) is 3.60. The zero-order valence-corrected chi connectivity index (χ0v) is 13.0. The summed E-state index contributed by atoms with van der Waals surface area (Å²) in [4.78, 5) is 18.9. The van der Waals surface area contributed by atoms with Gasteiger partial charge in [0, 0.05) is 45.5 Å². The van der Waals surface area contributed by atoms with Crippen molar-refractivity contribution in [1.82, 2.24) is 19.8 Å². The van der Waals surface area contributed by atoms with E-state index in [1.807, 2.05) is 22.7 Å². The number of amides is 1. The fourth-order valence-electron chi connectivity index (χ4n) is 2.56. The van der Waals surface area contributed by atoms with Crippen LogP contribution in [0.25, 0.3) is 0 Å². The van der Waals surface area contributed by atoms with E-state index in [1.165, 1.54) is 0 Å². The number of nitrogens with one attached hydrogen (secondary N) is 1. The van der Waals surface area contributed by atoms with Gasteiger partial charge in [-0.2, -0.15) is 0 Å². The van der Waals surface area contributed by atoms with Crippen LogP contribution in [-0.2, 0) is 11.8 Å². The second-order valence-corrected chi connectivity index (χ2v) is 6.76. The zero-order chi connectivity index (χ0) is 14.8. The van der Waals surface area contributed by atoms with Crippen molar-refractivity contribution in [1.29, 1.82) is 0 Å². The highest BCUT2D eigenvalue weighted by molar-refractivity contribution is 5.76. The van der Waals surface area contributed by atoms with Gasteiger partial charge in [0.25, 0.3) is 0 Å². The van der Waals surface area contributed by atoms with Gasteiger partial charge in [0.05, 0.1) is 0 Å². The van der Waals surface area contributed by atoms with Crippen LogP contribution in [0.2, 0.25) is 0 Å². The molecule has 1 saturated heterocycles. The van der Waals surface area contributed by atoms with Gasteiger partial charge in [-0.05, 0) is 11.8 Å². The van der Waals surface area contributed by atoms with Crippen molar-refractivity contribution in [3.8, 4) is 0 Å². The third-order valence-electron chi connectivity index (χ3n) is 3.81. The molecule has 5 nitrogen and oxygen atoms in total. The molecular weight excluding hydrogens is 252 g/mol. The maximum absolute atomic E-state index is 12.5. The van der Waals surface area contributed by atoms with Crippen LogP contribution in [0, 0.1) is 5.41 Å². The predicted octanol–water partition coefficient (Wildman–Crippen LogP) is 1.72. The Morgan fingerprint density at radius 2 is 2.25 bits per heavy atom. The van der Waals surface area contributed by atoms with E-state index >= 15 is 0 Å². The topological polar surface area (TPSA) is 50.2 Å². The summed E-state index contributed by atoms with van der Waals surface area (Å²) in [6.45, 7) is 8.94. The maximum Gasteiger partial charge on any atom is 0.223 e. The van der Waals surface area contributed by atoms with E-state index in [2.05, 4.69) is 31.1 Å². The summed E-state index contributed by atoms with van der Waals surface area (Å²) in [5, 5.41) is 3.36. The van der Waals surface area contributed by atoms with E-state index in [0.717, 1.165) is 31.9 Å². The fourth-order valence-corrected chi connectivity index (χ4v) is 2.56. The van der Waals surface area contributed by atoms with Gasteiger partial charge < -0.3 is 14.8 Å². The molecule has 0 radical (unpaired) electrons. The Hall–Kier alpha value is -1.36. The summed E-state index contributed by atoms with van der Waals surface area (Å²) < 4.78 is 2.00. The number of carbonyl (C=O) groups excluding carboxylic acids is 1. The standard InChI is InChI=1S/C15H26N4O/c1-15(2,3)6-5-13(20)19-10-7-16-11-12(19)14-17-8-9-18(14)4/h8-9,12,16H,5-7,10-11H2,1-4H3. The average molecular weight is 278 g/mol. The van der Waals surface area contributed by atoms with E-state index < -0.39 is 0 Å². The smallest absolute Gasteiger partial charge is 0.223 e. The monoisotopic (exact) mass is 278 g/mol. The van der Waals surface area contributed by atoms with Crippen molar-refractivity contribution in [3.63, 3.8) is 0 Å². The van der Waals surface area contributed by atoms with Gasteiger partial charge in [-0.3, -0.25) is 4.79 Å². The van der Waals surface area contributed by atoms with Crippen molar-refractivity contribution in [3.05, 3.63) is 18.2 Å². The van der Waals surface area contributed by atoms with Crippen LogP contribution in [0.5, 0.6) is 0 Å². The summed E-state index contributed by atoms with van der Waals surface area (Å²) in [5.74, 6) is 1.20. The summed E-state index contributed by atoms with van der Waals surface area (Å²) in [5.41, 5.74) is 0.197. The summed E-state index contributed by atoms with van der Waals surface area (Å²) >= 11 is 0. The average Bonchev–Trinajstić information content (AvgIpc) is 2.81. The molecule has 1 aliphatic heterocycles. The first-order valence-corrected chi connectivity index (χ1v) is 7.36. The van der Waals surface area contributed by atoms with Gasteiger partial charge in [-0.25, -0.2) is 4.98 Å². The number of hydrogen-bond donors (Lipinski definition) is 1. The SMILES string of the molecule is Cn1ccnc1C1CNCCN1C(=O)CCC(C)(C)C. The van der Waals surface area contributed by atoms with Crippen LogP contribution in [0.1, 0.15) is 45.5 Å². The molecule has 5 heteroatoms. The molecule has 0 spiro atoms. The molecule has 1 unspecified atom stereocenters. The van der Waals surface area contributed by atoms with Gasteiger partial charge in [-0.1, -0.05) is 20.8 Å². The Morgan fingerprint density at radius 3 is 2.85 bits per heavy atom. The lowest BCUT2D eigenvalue weighted by molar-refractivity contribution is -0.135. The minimum Gasteiger partial charge on any atom is -0.336 e. The molecule has 1 aliphatic rings. The van der Waals surface area contributed by atoms with Gasteiger partial charge in [0.15, 0.2) is 0 Å². The molecule has 0 aromatic carbocycles. The van der Waals surface area contributed by atoms with Crippen LogP contribution >= 0.6 is 0 Å². The van der Waals surface area contributed by atoms with E-state index in [4.69, 9.17) is 0 Å². The molecule has 0 aliphatic carbocycles. The lowest BCUT2D eigenvalue weighted by Gasteiger charge is -2.36. The number of imidazole rings is 1. The molecule has 0 bridgehead atoms. The highest BCUT2D eigenvalue weighted by Crippen LogP contribution is 2.25. The predicted molar refractivity (Wildman–Crippen MR) is 79.2 cm³/mol. The third-order valence-corrected chi connectivity index (χ3v) is 3.81. The number of aryl methyl sites for hydroxylation is 1. The largest absolute Gasteiger partial charge is 0.336 e. The highest BCUT2D eigenvalue weighted by Gasteiger charge is 2.30. The minimum atomic E-state index is 0.0521. The molecule has 1 atom stereocenters. The van der Waals surface area contributed by atoms with E-state index in [-0.39, 0.29) is 17.4 Å². The van der Waals surface area contributed by atoms with Gasteiger partial charge in [0.2, 0.25) is 5.91 Å². The van der Waals surface area contributed by atoms with Crippen molar-refractivity contribution >= 4 is 5.91 Å². The van der Waals surface area contributed by atoms with Crippen LogP contribution in [0.15, 0.2) is 12.4 Å². The normalized spacial score (nSPS) is 20.2. The number of carbonyl (C=O) groups is 1. The van der Waals surface area contributed by atoms with Crippen molar-refractivity contribution in [2.24, 2.45) is 12.5 Å². The molecule has 20 heavy (non-hydrogen) atoms. The molecule has 1 fully saturated rings. The molecule has 1 N–H and O–H groups in total. The number of rotatable bonds is 3. The van der Waals surface area contributed by atoms with Crippen LogP contribution in [0.4, 0.5) is 0 Å². The van der Waals surface area contributed by atoms with E-state index in [1.54, 1.807) is 6.20 Å². The van der Waals surface area contributed by atoms with Crippen LogP contribution in [-0.4, -0.2) is 40.0 Å². The first kappa shape index (κ1) is 15.0. The molecule has 2 rings (SSSR count). The Kier molecular flexibility index (Phi) is 4.48. The number of hydrogen-bond acceptors (Lipinski definition) is 3. The molecule has 1 aromatic rings. The Morgan fingerprint density at radius 1 is 1.50 bits per heavy atom. The second-order valence-electron chi connectivity index (χ2n) is 6.76. The van der Waals surface area contributed by atoms with Crippen molar-refractivity contribution in [2.45, 2.75) is 39.7 Å². The molecule has 0 saturated carbocycles. The maximum atomic E-state index is 12.5. The Labute approximate surface area is 121 Å². The van der Waals surface area contributed by atoms with Crippen LogP contribution < -0.4 is 5.32 Å². The number of piperazine rings is 1. The lowest BCUT2D eigenvalue weighted by atomic mass is 9.90. The summed E-state index contributed by atoms with van der Waals surface area (Å²) in [7, 11) is 1.98. The molecule has 112 valence electrons. The second kappa shape index (κ2) is 5.95.